The van der Waals surface area contributed by atoms with Gasteiger partial charge in [0.05, 0.1) is 11.5 Å². The minimum Gasteiger partial charge on any atom is -0.355 e. The second-order valence-corrected chi connectivity index (χ2v) is 9.01. The number of alkyl halides is 3. The molecule has 0 aliphatic carbocycles. The average Bonchev–Trinajstić information content (AvgIpc) is 2.59. The fourth-order valence-corrected chi connectivity index (χ4v) is 4.44. The van der Waals surface area contributed by atoms with E-state index >= 15 is 0 Å². The van der Waals surface area contributed by atoms with E-state index in [1.165, 1.54) is 11.8 Å². The van der Waals surface area contributed by atoms with Crippen molar-refractivity contribution in [1.82, 2.24) is 20.0 Å². The van der Waals surface area contributed by atoms with Crippen LogP contribution in [0.2, 0.25) is 0 Å². The van der Waals surface area contributed by atoms with Crippen LogP contribution >= 0.6 is 24.0 Å². The SMILES string of the molecule is CN=C(NCCN1CCS(=O)(=O)CC1)N1CCN(C(C)C(F)(F)F)CC1.I. The molecule has 2 aliphatic rings. The number of aliphatic imine (C=N–C) groups is 1. The Balaban J connectivity index is 0.00000364. The third-order valence-electron chi connectivity index (χ3n) is 5.00. The van der Waals surface area contributed by atoms with Gasteiger partial charge in [-0.25, -0.2) is 8.42 Å². The molecule has 0 aromatic rings. The number of hydrogen-bond donors (Lipinski definition) is 1. The summed E-state index contributed by atoms with van der Waals surface area (Å²) in [7, 11) is -1.23. The van der Waals surface area contributed by atoms with Crippen molar-refractivity contribution in [1.29, 1.82) is 0 Å². The van der Waals surface area contributed by atoms with E-state index in [0.29, 0.717) is 58.3 Å². The highest BCUT2D eigenvalue weighted by atomic mass is 127. The molecule has 12 heteroatoms. The summed E-state index contributed by atoms with van der Waals surface area (Å²) in [5.74, 6) is 1.07. The summed E-state index contributed by atoms with van der Waals surface area (Å²) in [5, 5.41) is 3.23. The van der Waals surface area contributed by atoms with Crippen LogP contribution in [0.1, 0.15) is 6.92 Å². The molecule has 0 radical (unpaired) electrons. The normalized spacial score (nSPS) is 23.6. The molecule has 0 bridgehead atoms. The summed E-state index contributed by atoms with van der Waals surface area (Å²) in [6.45, 7) is 5.25. The van der Waals surface area contributed by atoms with Crippen molar-refractivity contribution in [3.63, 3.8) is 0 Å². The Kier molecular flexibility index (Phi) is 9.55. The Morgan fingerprint density at radius 2 is 1.67 bits per heavy atom. The van der Waals surface area contributed by atoms with Crippen molar-refractivity contribution < 1.29 is 21.6 Å². The predicted octanol–water partition coefficient (Wildman–Crippen LogP) is 0.479. The maximum atomic E-state index is 12.8. The molecule has 0 aromatic heterocycles. The fraction of sp³-hybridized carbons (Fsp3) is 0.933. The molecular weight excluding hydrogens is 498 g/mol. The van der Waals surface area contributed by atoms with Gasteiger partial charge in [-0.15, -0.1) is 24.0 Å². The van der Waals surface area contributed by atoms with Crippen molar-refractivity contribution >= 4 is 39.8 Å². The maximum Gasteiger partial charge on any atom is 0.403 e. The first-order chi connectivity index (χ1) is 12.1. The molecule has 27 heavy (non-hydrogen) atoms. The molecule has 160 valence electrons. The van der Waals surface area contributed by atoms with Gasteiger partial charge in [0.15, 0.2) is 15.8 Å². The molecule has 2 aliphatic heterocycles. The summed E-state index contributed by atoms with van der Waals surface area (Å²) < 4.78 is 61.3. The van der Waals surface area contributed by atoms with E-state index < -0.39 is 22.1 Å². The number of sulfone groups is 1. The molecule has 0 spiro atoms. The highest BCUT2D eigenvalue weighted by Gasteiger charge is 2.41. The van der Waals surface area contributed by atoms with Crippen molar-refractivity contribution in [2.24, 2.45) is 4.99 Å². The van der Waals surface area contributed by atoms with E-state index in [9.17, 15) is 21.6 Å². The Morgan fingerprint density at radius 1 is 1.11 bits per heavy atom. The Morgan fingerprint density at radius 3 is 2.15 bits per heavy atom. The molecule has 2 fully saturated rings. The second-order valence-electron chi connectivity index (χ2n) is 6.71. The van der Waals surface area contributed by atoms with Crippen LogP contribution < -0.4 is 5.32 Å². The zero-order valence-corrected chi connectivity index (χ0v) is 18.9. The van der Waals surface area contributed by atoms with Gasteiger partial charge in [-0.3, -0.25) is 14.8 Å². The largest absolute Gasteiger partial charge is 0.403 e. The first-order valence-corrected chi connectivity index (χ1v) is 10.6. The third kappa shape index (κ3) is 7.54. The van der Waals surface area contributed by atoms with Gasteiger partial charge in [-0.05, 0) is 6.92 Å². The molecule has 2 heterocycles. The standard InChI is InChI=1S/C15H28F3N5O2S.HI/c1-13(15(16,17)18)22-5-7-23(8-6-22)14(19-2)20-3-4-21-9-11-26(24,25)12-10-21;/h13H,3-12H2,1-2H3,(H,19,20);1H. The Hall–Kier alpha value is -0.340. The molecule has 1 atom stereocenters. The number of guanidine groups is 1. The molecule has 0 saturated carbocycles. The predicted molar refractivity (Wildman–Crippen MR) is 111 cm³/mol. The molecule has 1 N–H and O–H groups in total. The summed E-state index contributed by atoms with van der Waals surface area (Å²) >= 11 is 0. The number of piperazine rings is 1. The van der Waals surface area contributed by atoms with Crippen LogP contribution in [-0.4, -0.2) is 112 Å². The van der Waals surface area contributed by atoms with Gasteiger partial charge in [-0.2, -0.15) is 13.2 Å². The van der Waals surface area contributed by atoms with Crippen molar-refractivity contribution in [2.45, 2.75) is 19.1 Å². The van der Waals surface area contributed by atoms with E-state index in [0.717, 1.165) is 0 Å². The van der Waals surface area contributed by atoms with Gasteiger partial charge in [0, 0.05) is 59.4 Å². The number of nitrogens with zero attached hydrogens (tertiary/aromatic N) is 4. The topological polar surface area (TPSA) is 68.2 Å². The molecule has 2 saturated heterocycles. The van der Waals surface area contributed by atoms with Gasteiger partial charge in [-0.1, -0.05) is 0 Å². The average molecular weight is 527 g/mol. The van der Waals surface area contributed by atoms with Crippen LogP contribution in [0.3, 0.4) is 0 Å². The Labute approximate surface area is 176 Å². The third-order valence-corrected chi connectivity index (χ3v) is 6.60. The lowest BCUT2D eigenvalue weighted by Crippen LogP contribution is -2.57. The van der Waals surface area contributed by atoms with Gasteiger partial charge in [0.25, 0.3) is 0 Å². The van der Waals surface area contributed by atoms with E-state index in [2.05, 4.69) is 15.2 Å². The zero-order chi connectivity index (χ0) is 19.4. The first-order valence-electron chi connectivity index (χ1n) is 8.81. The number of rotatable bonds is 4. The molecular formula is C15H29F3IN5O2S. The summed E-state index contributed by atoms with van der Waals surface area (Å²) in [5.41, 5.74) is 0. The van der Waals surface area contributed by atoms with Crippen LogP contribution in [0.25, 0.3) is 0 Å². The van der Waals surface area contributed by atoms with Gasteiger partial charge < -0.3 is 10.2 Å². The zero-order valence-electron chi connectivity index (χ0n) is 15.7. The molecule has 1 unspecified atom stereocenters. The molecule has 2 rings (SSSR count). The van der Waals surface area contributed by atoms with E-state index in [4.69, 9.17) is 0 Å². The second kappa shape index (κ2) is 10.4. The number of nitrogens with one attached hydrogen (secondary N) is 1. The quantitative estimate of drug-likeness (QED) is 0.326. The van der Waals surface area contributed by atoms with Crippen molar-refractivity contribution in [2.75, 3.05) is 70.9 Å². The molecule has 0 amide bonds. The number of hydrogen-bond acceptors (Lipinski definition) is 5. The van der Waals surface area contributed by atoms with E-state index in [1.54, 1.807) is 7.05 Å². The van der Waals surface area contributed by atoms with Crippen LogP contribution in [0, 0.1) is 0 Å². The summed E-state index contributed by atoms with van der Waals surface area (Å²) in [6.07, 6.45) is -4.20. The minimum absolute atomic E-state index is 0. The first kappa shape index (κ1) is 24.7. The highest BCUT2D eigenvalue weighted by Crippen LogP contribution is 2.25. The van der Waals surface area contributed by atoms with Gasteiger partial charge in [0.1, 0.15) is 6.04 Å². The number of halogens is 4. The van der Waals surface area contributed by atoms with Gasteiger partial charge in [0.2, 0.25) is 0 Å². The lowest BCUT2D eigenvalue weighted by atomic mass is 10.2. The molecule has 7 nitrogen and oxygen atoms in total. The fourth-order valence-electron chi connectivity index (χ4n) is 3.16. The van der Waals surface area contributed by atoms with Crippen LogP contribution in [0.15, 0.2) is 4.99 Å². The van der Waals surface area contributed by atoms with E-state index in [-0.39, 0.29) is 35.5 Å². The van der Waals surface area contributed by atoms with Crippen LogP contribution in [0.5, 0.6) is 0 Å². The van der Waals surface area contributed by atoms with Gasteiger partial charge >= 0.3 is 6.18 Å². The van der Waals surface area contributed by atoms with E-state index in [1.807, 2.05) is 4.90 Å². The highest BCUT2D eigenvalue weighted by molar-refractivity contribution is 14.0. The van der Waals surface area contributed by atoms with Crippen molar-refractivity contribution in [3.05, 3.63) is 0 Å². The lowest BCUT2D eigenvalue weighted by molar-refractivity contribution is -0.181. The van der Waals surface area contributed by atoms with Crippen molar-refractivity contribution in [3.8, 4) is 0 Å². The minimum atomic E-state index is -4.20. The monoisotopic (exact) mass is 527 g/mol. The van der Waals surface area contributed by atoms with Crippen LogP contribution in [-0.2, 0) is 9.84 Å². The lowest BCUT2D eigenvalue weighted by Gasteiger charge is -2.39. The smallest absolute Gasteiger partial charge is 0.355 e. The summed E-state index contributed by atoms with van der Waals surface area (Å²) in [6, 6.07) is -1.44. The summed E-state index contributed by atoms with van der Waals surface area (Å²) in [4.78, 5) is 9.70. The maximum absolute atomic E-state index is 12.8. The molecule has 0 aromatic carbocycles. The van der Waals surface area contributed by atoms with Crippen LogP contribution in [0.4, 0.5) is 13.2 Å². The Bertz CT molecular complexity index is 581.